The number of anilines is 1. The van der Waals surface area contributed by atoms with Crippen LogP contribution in [0, 0.1) is 10.1 Å². The predicted molar refractivity (Wildman–Crippen MR) is 160 cm³/mol. The van der Waals surface area contributed by atoms with Gasteiger partial charge in [-0.3, -0.25) is 25.0 Å². The van der Waals surface area contributed by atoms with Gasteiger partial charge in [-0.05, 0) is 71.8 Å². The second-order valence-corrected chi connectivity index (χ2v) is 10.1. The Bertz CT molecular complexity index is 1760. The van der Waals surface area contributed by atoms with Gasteiger partial charge in [0.1, 0.15) is 30.3 Å². The Balaban J connectivity index is 1.35. The van der Waals surface area contributed by atoms with Gasteiger partial charge in [0.05, 0.1) is 10.6 Å². The van der Waals surface area contributed by atoms with Crippen LogP contribution in [0.2, 0.25) is 10.0 Å². The number of rotatable bonds is 9. The van der Waals surface area contributed by atoms with Crippen molar-refractivity contribution < 1.29 is 28.8 Å². The van der Waals surface area contributed by atoms with Gasteiger partial charge in [0.25, 0.3) is 17.5 Å². The second-order valence-electron chi connectivity index (χ2n) is 9.26. The lowest BCUT2D eigenvalue weighted by Crippen LogP contribution is -2.54. The Hall–Kier alpha value is -5.19. The number of nitrogens with zero attached hydrogens (tertiary/aromatic N) is 2. The minimum Gasteiger partial charge on any atom is -0.489 e. The van der Waals surface area contributed by atoms with E-state index in [-0.39, 0.29) is 41.5 Å². The first kappa shape index (κ1) is 29.3. The number of carbonyl (C=O) groups excluding carboxylic acids is 3. The Morgan fingerprint density at radius 1 is 0.814 bits per heavy atom. The molecule has 216 valence electrons. The van der Waals surface area contributed by atoms with E-state index in [1.807, 2.05) is 12.1 Å². The van der Waals surface area contributed by atoms with Crippen LogP contribution in [0.5, 0.6) is 11.5 Å². The molecule has 4 aromatic carbocycles. The molecule has 1 saturated heterocycles. The van der Waals surface area contributed by atoms with E-state index >= 15 is 0 Å². The number of imide groups is 2. The Morgan fingerprint density at radius 3 is 2.23 bits per heavy atom. The summed E-state index contributed by atoms with van der Waals surface area (Å²) < 4.78 is 11.6. The molecule has 4 aromatic rings. The highest BCUT2D eigenvalue weighted by Crippen LogP contribution is 2.29. The zero-order valence-corrected chi connectivity index (χ0v) is 23.7. The molecule has 0 atom stereocenters. The standard InChI is InChI=1S/C31H21Cl2N3O7/c32-22-6-4-19(5-7-22)17-42-26-11-9-24(10-12-26)35-30(38)27(29(37)34-31(35)39)16-21-15-23(33)8-13-28(21)43-18-20-2-1-3-25(14-20)36(40)41/h1-16H,17-18H2,(H,34,37,39)/b27-16+. The lowest BCUT2D eigenvalue weighted by atomic mass is 10.1. The van der Waals surface area contributed by atoms with E-state index in [0.29, 0.717) is 21.4 Å². The van der Waals surface area contributed by atoms with Gasteiger partial charge in [0, 0.05) is 27.7 Å². The van der Waals surface area contributed by atoms with Gasteiger partial charge in [-0.1, -0.05) is 47.5 Å². The molecule has 0 radical (unpaired) electrons. The van der Waals surface area contributed by atoms with Crippen LogP contribution in [0.15, 0.2) is 96.6 Å². The monoisotopic (exact) mass is 617 g/mol. The number of nitro benzene ring substituents is 1. The van der Waals surface area contributed by atoms with E-state index in [0.717, 1.165) is 10.5 Å². The summed E-state index contributed by atoms with van der Waals surface area (Å²) in [7, 11) is 0. The van der Waals surface area contributed by atoms with Crippen molar-refractivity contribution in [1.29, 1.82) is 0 Å². The lowest BCUT2D eigenvalue weighted by Gasteiger charge is -2.26. The Morgan fingerprint density at radius 2 is 1.51 bits per heavy atom. The van der Waals surface area contributed by atoms with E-state index in [1.165, 1.54) is 42.5 Å². The number of non-ortho nitro benzene ring substituents is 1. The van der Waals surface area contributed by atoms with Gasteiger partial charge >= 0.3 is 6.03 Å². The number of nitro groups is 1. The number of hydrogen-bond donors (Lipinski definition) is 1. The van der Waals surface area contributed by atoms with Crippen molar-refractivity contribution in [2.75, 3.05) is 4.90 Å². The van der Waals surface area contributed by atoms with Gasteiger partial charge in [-0.25, -0.2) is 9.69 Å². The van der Waals surface area contributed by atoms with Crippen molar-refractivity contribution in [3.8, 4) is 11.5 Å². The molecule has 10 nitrogen and oxygen atoms in total. The highest BCUT2D eigenvalue weighted by molar-refractivity contribution is 6.39. The van der Waals surface area contributed by atoms with Crippen LogP contribution < -0.4 is 19.7 Å². The molecular weight excluding hydrogens is 597 g/mol. The number of ether oxygens (including phenoxy) is 2. The molecule has 0 bridgehead atoms. The summed E-state index contributed by atoms with van der Waals surface area (Å²) in [5.74, 6) is -0.985. The molecule has 1 aliphatic rings. The summed E-state index contributed by atoms with van der Waals surface area (Å²) in [6, 6.07) is 23.1. The lowest BCUT2D eigenvalue weighted by molar-refractivity contribution is -0.384. The van der Waals surface area contributed by atoms with Gasteiger partial charge in [0.2, 0.25) is 0 Å². The quantitative estimate of drug-likeness (QED) is 0.0954. The Labute approximate surface area is 255 Å². The first-order chi connectivity index (χ1) is 20.7. The molecule has 0 saturated carbocycles. The number of carbonyl (C=O) groups is 3. The van der Waals surface area contributed by atoms with Crippen LogP contribution in [-0.4, -0.2) is 22.8 Å². The van der Waals surface area contributed by atoms with E-state index < -0.39 is 22.8 Å². The van der Waals surface area contributed by atoms with Gasteiger partial charge < -0.3 is 9.47 Å². The molecule has 12 heteroatoms. The SMILES string of the molecule is O=C1NC(=O)N(c2ccc(OCc3ccc(Cl)cc3)cc2)C(=O)/C1=C/c1cc(Cl)ccc1OCc1cccc([N+](=O)[O-])c1. The van der Waals surface area contributed by atoms with Crippen molar-refractivity contribution in [1.82, 2.24) is 5.32 Å². The summed E-state index contributed by atoms with van der Waals surface area (Å²) in [4.78, 5) is 50.3. The minimum atomic E-state index is -0.907. The second kappa shape index (κ2) is 12.8. The molecule has 43 heavy (non-hydrogen) atoms. The number of halogens is 2. The van der Waals surface area contributed by atoms with Gasteiger partial charge in [0.15, 0.2) is 0 Å². The normalized spacial score (nSPS) is 14.0. The summed E-state index contributed by atoms with van der Waals surface area (Å²) in [5, 5.41) is 14.2. The number of hydrogen-bond acceptors (Lipinski definition) is 7. The number of nitrogens with one attached hydrogen (secondary N) is 1. The van der Waals surface area contributed by atoms with E-state index in [2.05, 4.69) is 5.32 Å². The van der Waals surface area contributed by atoms with E-state index in [4.69, 9.17) is 32.7 Å². The molecule has 1 fully saturated rings. The number of amides is 4. The first-order valence-electron chi connectivity index (χ1n) is 12.7. The van der Waals surface area contributed by atoms with Gasteiger partial charge in [-0.15, -0.1) is 0 Å². The van der Waals surface area contributed by atoms with E-state index in [9.17, 15) is 24.5 Å². The van der Waals surface area contributed by atoms with Crippen molar-refractivity contribution in [3.05, 3.63) is 133 Å². The average Bonchev–Trinajstić information content (AvgIpc) is 2.99. The largest absolute Gasteiger partial charge is 0.489 e. The highest BCUT2D eigenvalue weighted by Gasteiger charge is 2.37. The summed E-state index contributed by atoms with van der Waals surface area (Å²) in [6.45, 7) is 0.253. The van der Waals surface area contributed by atoms with E-state index in [1.54, 1.807) is 42.5 Å². The number of barbiturate groups is 1. The minimum absolute atomic E-state index is 0.0311. The van der Waals surface area contributed by atoms with Crippen LogP contribution in [0.3, 0.4) is 0 Å². The molecule has 1 heterocycles. The van der Waals surface area contributed by atoms with Crippen molar-refractivity contribution in [2.24, 2.45) is 0 Å². The third-order valence-electron chi connectivity index (χ3n) is 6.30. The molecule has 1 aliphatic heterocycles. The molecule has 4 amide bonds. The predicted octanol–water partition coefficient (Wildman–Crippen LogP) is 6.73. The van der Waals surface area contributed by atoms with Crippen molar-refractivity contribution in [2.45, 2.75) is 13.2 Å². The zero-order valence-electron chi connectivity index (χ0n) is 22.2. The molecule has 0 aromatic heterocycles. The fraction of sp³-hybridized carbons (Fsp3) is 0.0645. The number of urea groups is 1. The molecule has 0 spiro atoms. The third-order valence-corrected chi connectivity index (χ3v) is 6.79. The fourth-order valence-corrected chi connectivity index (χ4v) is 4.48. The van der Waals surface area contributed by atoms with Crippen molar-refractivity contribution in [3.63, 3.8) is 0 Å². The summed E-state index contributed by atoms with van der Waals surface area (Å²) >= 11 is 12.1. The van der Waals surface area contributed by atoms with Crippen LogP contribution in [0.25, 0.3) is 6.08 Å². The summed E-state index contributed by atoms with van der Waals surface area (Å²) in [6.07, 6.45) is 1.27. The van der Waals surface area contributed by atoms with Crippen LogP contribution >= 0.6 is 23.2 Å². The maximum atomic E-state index is 13.4. The van der Waals surface area contributed by atoms with Crippen LogP contribution in [0.1, 0.15) is 16.7 Å². The average molecular weight is 618 g/mol. The molecule has 1 N–H and O–H groups in total. The Kier molecular flexibility index (Phi) is 8.70. The first-order valence-corrected chi connectivity index (χ1v) is 13.5. The molecule has 5 rings (SSSR count). The third kappa shape index (κ3) is 7.00. The molecule has 0 aliphatic carbocycles. The maximum absolute atomic E-state index is 13.4. The van der Waals surface area contributed by atoms with Gasteiger partial charge in [-0.2, -0.15) is 0 Å². The smallest absolute Gasteiger partial charge is 0.335 e. The van der Waals surface area contributed by atoms with Crippen LogP contribution in [0.4, 0.5) is 16.2 Å². The van der Waals surface area contributed by atoms with Crippen molar-refractivity contribution >= 4 is 58.5 Å². The molecular formula is C31H21Cl2N3O7. The number of benzene rings is 4. The topological polar surface area (TPSA) is 128 Å². The highest BCUT2D eigenvalue weighted by atomic mass is 35.5. The summed E-state index contributed by atoms with van der Waals surface area (Å²) in [5.41, 5.74) is 1.53. The fourth-order valence-electron chi connectivity index (χ4n) is 4.17. The zero-order chi connectivity index (χ0) is 30.5. The maximum Gasteiger partial charge on any atom is 0.335 e. The molecule has 0 unspecified atom stereocenters. The van der Waals surface area contributed by atoms with Crippen LogP contribution in [-0.2, 0) is 22.8 Å².